The molecule has 1 nitrogen and oxygen atoms in total. The van der Waals surface area contributed by atoms with Gasteiger partial charge in [-0.25, -0.2) is 0 Å². The molecule has 0 aliphatic rings. The maximum Gasteiger partial charge on any atom is 0.135 e. The summed E-state index contributed by atoms with van der Waals surface area (Å²) in [5.41, 5.74) is 2.04. The van der Waals surface area contributed by atoms with Crippen molar-refractivity contribution in [2.75, 3.05) is 0 Å². The van der Waals surface area contributed by atoms with Crippen LogP contribution in [0.4, 0.5) is 0 Å². The van der Waals surface area contributed by atoms with Gasteiger partial charge in [0, 0.05) is 15.4 Å². The SMILES string of the molecule is Brc1ccc2cc(-c3cc4ccccc4o3)ccc2c1. The van der Waals surface area contributed by atoms with Crippen LogP contribution in [0.25, 0.3) is 33.1 Å². The zero-order valence-electron chi connectivity index (χ0n) is 10.6. The molecule has 2 heteroatoms. The van der Waals surface area contributed by atoms with E-state index in [9.17, 15) is 0 Å². The summed E-state index contributed by atoms with van der Waals surface area (Å²) in [5.74, 6) is 0.913. The smallest absolute Gasteiger partial charge is 0.135 e. The second-order valence-electron chi connectivity index (χ2n) is 4.85. The molecule has 0 N–H and O–H groups in total. The highest BCUT2D eigenvalue weighted by molar-refractivity contribution is 9.10. The number of furan rings is 1. The second-order valence-corrected chi connectivity index (χ2v) is 5.77. The van der Waals surface area contributed by atoms with E-state index in [1.54, 1.807) is 0 Å². The Hall–Kier alpha value is -2.06. The maximum atomic E-state index is 5.92. The van der Waals surface area contributed by atoms with Crippen molar-refractivity contribution in [2.45, 2.75) is 0 Å². The van der Waals surface area contributed by atoms with Crippen LogP contribution in [0.3, 0.4) is 0 Å². The standard InChI is InChI=1S/C18H11BrO/c19-16-8-7-12-9-15(6-5-13(12)10-16)18-11-14-3-1-2-4-17(14)20-18/h1-11H. The highest BCUT2D eigenvalue weighted by Gasteiger charge is 2.06. The Morgan fingerprint density at radius 1 is 0.700 bits per heavy atom. The average Bonchev–Trinajstić information content (AvgIpc) is 2.90. The average molecular weight is 323 g/mol. The molecular formula is C18H11BrO. The molecule has 1 heterocycles. The first-order chi connectivity index (χ1) is 9.79. The van der Waals surface area contributed by atoms with Crippen LogP contribution < -0.4 is 0 Å². The summed E-state index contributed by atoms with van der Waals surface area (Å²) >= 11 is 3.50. The van der Waals surface area contributed by atoms with Crippen LogP contribution >= 0.6 is 15.9 Å². The van der Waals surface area contributed by atoms with Gasteiger partial charge in [0.2, 0.25) is 0 Å². The number of hydrogen-bond acceptors (Lipinski definition) is 1. The summed E-state index contributed by atoms with van der Waals surface area (Å²) in [5, 5.41) is 3.57. The Balaban J connectivity index is 1.90. The van der Waals surface area contributed by atoms with E-state index in [1.165, 1.54) is 10.8 Å². The van der Waals surface area contributed by atoms with Gasteiger partial charge in [-0.05, 0) is 41.1 Å². The third-order valence-electron chi connectivity index (χ3n) is 3.51. The highest BCUT2D eigenvalue weighted by atomic mass is 79.9. The third-order valence-corrected chi connectivity index (χ3v) is 4.01. The number of hydrogen-bond donors (Lipinski definition) is 0. The van der Waals surface area contributed by atoms with Crippen LogP contribution in [0.2, 0.25) is 0 Å². The number of rotatable bonds is 1. The van der Waals surface area contributed by atoms with Crippen LogP contribution in [0, 0.1) is 0 Å². The van der Waals surface area contributed by atoms with Crippen molar-refractivity contribution in [3.63, 3.8) is 0 Å². The van der Waals surface area contributed by atoms with Gasteiger partial charge in [0.25, 0.3) is 0 Å². The molecule has 3 aromatic carbocycles. The monoisotopic (exact) mass is 322 g/mol. The lowest BCUT2D eigenvalue weighted by molar-refractivity contribution is 0.631. The molecule has 4 rings (SSSR count). The van der Waals surface area contributed by atoms with Gasteiger partial charge >= 0.3 is 0 Å². The van der Waals surface area contributed by atoms with Crippen LogP contribution in [-0.4, -0.2) is 0 Å². The van der Waals surface area contributed by atoms with Gasteiger partial charge in [0.15, 0.2) is 0 Å². The van der Waals surface area contributed by atoms with E-state index in [1.807, 2.05) is 18.2 Å². The molecule has 0 amide bonds. The molecule has 1 aromatic heterocycles. The molecule has 20 heavy (non-hydrogen) atoms. The molecule has 0 spiro atoms. The summed E-state index contributed by atoms with van der Waals surface area (Å²) in [6.07, 6.45) is 0. The van der Waals surface area contributed by atoms with Gasteiger partial charge in [0.05, 0.1) is 0 Å². The lowest BCUT2D eigenvalue weighted by atomic mass is 10.1. The van der Waals surface area contributed by atoms with Gasteiger partial charge in [-0.15, -0.1) is 0 Å². The second kappa shape index (κ2) is 4.50. The van der Waals surface area contributed by atoms with Gasteiger partial charge in [-0.3, -0.25) is 0 Å². The fourth-order valence-corrected chi connectivity index (χ4v) is 2.87. The minimum atomic E-state index is 0.913. The molecule has 0 aliphatic heterocycles. The molecule has 96 valence electrons. The van der Waals surface area contributed by atoms with E-state index in [4.69, 9.17) is 4.42 Å². The summed E-state index contributed by atoms with van der Waals surface area (Å²) in [6, 6.07) is 22.9. The van der Waals surface area contributed by atoms with Crippen molar-refractivity contribution in [2.24, 2.45) is 0 Å². The first kappa shape index (κ1) is 11.7. The van der Waals surface area contributed by atoms with Crippen LogP contribution in [0.1, 0.15) is 0 Å². The molecule has 0 unspecified atom stereocenters. The molecule has 0 radical (unpaired) electrons. The van der Waals surface area contributed by atoms with Crippen molar-refractivity contribution in [3.05, 3.63) is 71.2 Å². The van der Waals surface area contributed by atoms with E-state index in [0.29, 0.717) is 0 Å². The first-order valence-corrected chi connectivity index (χ1v) is 7.27. The summed E-state index contributed by atoms with van der Waals surface area (Å²) in [4.78, 5) is 0. The number of fused-ring (bicyclic) bond motifs is 2. The minimum Gasteiger partial charge on any atom is -0.456 e. The van der Waals surface area contributed by atoms with Gasteiger partial charge in [0.1, 0.15) is 11.3 Å². The molecule has 0 bridgehead atoms. The van der Waals surface area contributed by atoms with Crippen molar-refractivity contribution in [1.82, 2.24) is 0 Å². The van der Waals surface area contributed by atoms with Crippen molar-refractivity contribution < 1.29 is 4.42 Å². The fourth-order valence-electron chi connectivity index (χ4n) is 2.49. The zero-order valence-corrected chi connectivity index (χ0v) is 12.2. The Kier molecular flexibility index (Phi) is 2.64. The number of benzene rings is 3. The summed E-state index contributed by atoms with van der Waals surface area (Å²) in [6.45, 7) is 0. The van der Waals surface area contributed by atoms with Gasteiger partial charge < -0.3 is 4.42 Å². The highest BCUT2D eigenvalue weighted by Crippen LogP contribution is 2.30. The van der Waals surface area contributed by atoms with E-state index in [0.717, 1.165) is 26.8 Å². The predicted octanol–water partition coefficient (Wildman–Crippen LogP) is 6.02. The van der Waals surface area contributed by atoms with Gasteiger partial charge in [-0.2, -0.15) is 0 Å². The molecule has 0 saturated carbocycles. The molecule has 0 saturated heterocycles. The van der Waals surface area contributed by atoms with Crippen LogP contribution in [0.5, 0.6) is 0 Å². The Bertz CT molecular complexity index is 888. The molecule has 0 atom stereocenters. The van der Waals surface area contributed by atoms with Crippen molar-refractivity contribution in [3.8, 4) is 11.3 Å². The lowest BCUT2D eigenvalue weighted by Crippen LogP contribution is -1.76. The van der Waals surface area contributed by atoms with E-state index in [-0.39, 0.29) is 0 Å². The molecule has 0 aliphatic carbocycles. The normalized spacial score (nSPS) is 11.2. The largest absolute Gasteiger partial charge is 0.456 e. The van der Waals surface area contributed by atoms with E-state index in [2.05, 4.69) is 64.5 Å². The Morgan fingerprint density at radius 2 is 1.50 bits per heavy atom. The van der Waals surface area contributed by atoms with E-state index < -0.39 is 0 Å². The van der Waals surface area contributed by atoms with Crippen molar-refractivity contribution >= 4 is 37.7 Å². The van der Waals surface area contributed by atoms with Crippen molar-refractivity contribution in [1.29, 1.82) is 0 Å². The predicted molar refractivity (Wildman–Crippen MR) is 86.9 cm³/mol. The summed E-state index contributed by atoms with van der Waals surface area (Å²) in [7, 11) is 0. The van der Waals surface area contributed by atoms with Crippen LogP contribution in [0.15, 0.2) is 75.6 Å². The van der Waals surface area contributed by atoms with E-state index >= 15 is 0 Å². The van der Waals surface area contributed by atoms with Gasteiger partial charge in [-0.1, -0.05) is 52.3 Å². The number of para-hydroxylation sites is 1. The minimum absolute atomic E-state index is 0.913. The fraction of sp³-hybridized carbons (Fsp3) is 0. The quantitative estimate of drug-likeness (QED) is 0.418. The first-order valence-electron chi connectivity index (χ1n) is 6.48. The Morgan fingerprint density at radius 3 is 2.40 bits per heavy atom. The summed E-state index contributed by atoms with van der Waals surface area (Å²) < 4.78 is 7.02. The molecular weight excluding hydrogens is 312 g/mol. The van der Waals surface area contributed by atoms with Crippen LogP contribution in [-0.2, 0) is 0 Å². The lowest BCUT2D eigenvalue weighted by Gasteiger charge is -2.01. The molecule has 4 aromatic rings. The molecule has 0 fully saturated rings. The number of halogens is 1. The topological polar surface area (TPSA) is 13.1 Å². The third kappa shape index (κ3) is 1.93. The Labute approximate surface area is 125 Å². The maximum absolute atomic E-state index is 5.92. The zero-order chi connectivity index (χ0) is 13.5.